The van der Waals surface area contributed by atoms with Gasteiger partial charge in [0.1, 0.15) is 0 Å². The van der Waals surface area contributed by atoms with Crippen LogP contribution in [0.15, 0.2) is 0 Å². The van der Waals surface area contributed by atoms with Crippen LogP contribution in [0.5, 0.6) is 0 Å². The Morgan fingerprint density at radius 2 is 0.591 bits per heavy atom. The van der Waals surface area contributed by atoms with Crippen molar-refractivity contribution in [3.8, 4) is 0 Å². The van der Waals surface area contributed by atoms with Gasteiger partial charge in [0.05, 0.1) is 0 Å². The third kappa shape index (κ3) is 20.4. The molecule has 264 valence electrons. The Balaban J connectivity index is 0. The van der Waals surface area contributed by atoms with Gasteiger partial charge < -0.3 is 0 Å². The Hall–Kier alpha value is 1.06. The van der Waals surface area contributed by atoms with E-state index < -0.39 is 28.3 Å². The largest absolute Gasteiger partial charge is 0.279 e. The maximum Gasteiger partial charge on any atom is 0.279 e. The summed E-state index contributed by atoms with van der Waals surface area (Å²) in [5.74, 6) is 8.13. The molecule has 0 saturated heterocycles. The fourth-order valence-corrected chi connectivity index (χ4v) is 22.9. The molecule has 0 N–H and O–H groups in total. The van der Waals surface area contributed by atoms with Gasteiger partial charge in [0, 0.05) is 0 Å². The molecule has 0 fully saturated rings. The summed E-state index contributed by atoms with van der Waals surface area (Å²) >= 11 is -1.59. The van der Waals surface area contributed by atoms with Gasteiger partial charge in [0.25, 0.3) is 28.3 Å². The molecule has 0 aliphatic rings. The lowest BCUT2D eigenvalue weighted by molar-refractivity contribution is 0.292. The van der Waals surface area contributed by atoms with Crippen molar-refractivity contribution in [2.75, 3.05) is 0 Å². The molecule has 0 radical (unpaired) electrons. The van der Waals surface area contributed by atoms with Gasteiger partial charge in [0.15, 0.2) is 0 Å². The molecule has 0 nitrogen and oxygen atoms in total. The van der Waals surface area contributed by atoms with Crippen LogP contribution in [0.2, 0.25) is 28.7 Å². The highest BCUT2D eigenvalue weighted by Gasteiger charge is 2.48. The molecule has 0 aromatic heterocycles. The first-order valence-corrected chi connectivity index (χ1v) is 24.0. The van der Waals surface area contributed by atoms with Crippen molar-refractivity contribution < 1.29 is 0 Å². The molecule has 0 spiro atoms. The van der Waals surface area contributed by atoms with E-state index in [2.05, 4.69) is 145 Å². The third-order valence-corrected chi connectivity index (χ3v) is 20.2. The van der Waals surface area contributed by atoms with E-state index in [0.717, 1.165) is 53.3 Å². The first kappa shape index (κ1) is 47.2. The van der Waals surface area contributed by atoms with E-state index in [-0.39, 0.29) is 0 Å². The molecule has 0 aromatic rings. The van der Waals surface area contributed by atoms with Crippen LogP contribution in [0.4, 0.5) is 0 Å². The van der Waals surface area contributed by atoms with Crippen molar-refractivity contribution in [3.05, 3.63) is 0 Å². The zero-order chi connectivity index (χ0) is 35.2. The van der Waals surface area contributed by atoms with Gasteiger partial charge in [0.2, 0.25) is 0 Å². The first-order chi connectivity index (χ1) is 19.8. The Kier molecular flexibility index (Phi) is 23.5. The predicted molar refractivity (Wildman–Crippen MR) is 212 cm³/mol. The molecule has 0 heterocycles. The lowest BCUT2D eigenvalue weighted by Crippen LogP contribution is -2.42. The normalized spacial score (nSPS) is 17.2. The molecule has 2 heteroatoms. The maximum absolute atomic E-state index is 2.55. The molecule has 44 heavy (non-hydrogen) atoms. The zero-order valence-electron chi connectivity index (χ0n) is 35.2. The van der Waals surface area contributed by atoms with Crippen molar-refractivity contribution in [3.63, 3.8) is 0 Å². The minimum atomic E-state index is -0.799. The van der Waals surface area contributed by atoms with E-state index in [1.807, 2.05) is 0 Å². The van der Waals surface area contributed by atoms with E-state index in [4.69, 9.17) is 0 Å². The van der Waals surface area contributed by atoms with Crippen molar-refractivity contribution in [1.82, 2.24) is 0 Å². The first-order valence-electron chi connectivity index (χ1n) is 19.8. The van der Waals surface area contributed by atoms with E-state index in [0.29, 0.717) is 12.8 Å². The topological polar surface area (TPSA) is 0 Å². The Morgan fingerprint density at radius 3 is 0.705 bits per heavy atom. The Bertz CT molecular complexity index is 591. The molecule has 0 bridgehead atoms. The third-order valence-electron chi connectivity index (χ3n) is 11.2. The van der Waals surface area contributed by atoms with Crippen molar-refractivity contribution in [1.29, 1.82) is 0 Å². The molecule has 0 saturated carbocycles. The summed E-state index contributed by atoms with van der Waals surface area (Å²) in [4.78, 5) is 0. The van der Waals surface area contributed by atoms with E-state index >= 15 is 0 Å². The van der Waals surface area contributed by atoms with Crippen LogP contribution in [0.3, 0.4) is 0 Å². The average Bonchev–Trinajstić information content (AvgIpc) is 2.82. The lowest BCUT2D eigenvalue weighted by atomic mass is 9.86. The van der Waals surface area contributed by atoms with Gasteiger partial charge in [-0.2, -0.15) is 0 Å². The minimum absolute atomic E-state index is 0.524. The summed E-state index contributed by atoms with van der Waals surface area (Å²) in [6, 6.07) is 0. The summed E-state index contributed by atoms with van der Waals surface area (Å²) in [6.45, 7) is 51.4. The highest BCUT2D eigenvalue weighted by Crippen LogP contribution is 2.52. The van der Waals surface area contributed by atoms with Crippen LogP contribution in [0.1, 0.15) is 184 Å². The maximum atomic E-state index is 2.55. The fraction of sp³-hybridized carbons (Fsp3) is 1.00. The SMILES string of the molecule is CCC(C)C(CC(C)C)[CH2][Al]([CH2]C(CC(C)C)C(C)CC)[CH2]C(CC(C)C)C(C)CC.C[C](C)(C)[Al]([C](C)(C)C)[C](C)(C)C. The second-order valence-electron chi connectivity index (χ2n) is 20.4. The number of hydrogen-bond donors (Lipinski definition) is 0. The summed E-state index contributed by atoms with van der Waals surface area (Å²) in [5.41, 5.74) is 0. The molecule has 0 rings (SSSR count). The molecule has 0 aromatic carbocycles. The minimum Gasteiger partial charge on any atom is -0.0907 e. The molecular weight excluding hydrogens is 558 g/mol. The Labute approximate surface area is 292 Å². The van der Waals surface area contributed by atoms with Gasteiger partial charge in [-0.05, 0) is 54.8 Å². The second-order valence-corrected chi connectivity index (χ2v) is 29.6. The standard InChI is InChI=1S/3C10H21.3C4H9.2Al/c3*1-6-9(4)10(5)7-8(2)3;3*1-4(2)3;;/h3*8-10H,5-7H2,1-4H3;3*1-3H3;;. The van der Waals surface area contributed by atoms with E-state index in [1.54, 1.807) is 15.8 Å². The number of rotatable bonds is 18. The molecular formula is C42H90Al2. The quantitative estimate of drug-likeness (QED) is 0.130. The highest BCUT2D eigenvalue weighted by molar-refractivity contribution is 6.68. The smallest absolute Gasteiger partial charge is 0.0907 e. The van der Waals surface area contributed by atoms with E-state index in [9.17, 15) is 0 Å². The molecule has 0 aliphatic carbocycles. The summed E-state index contributed by atoms with van der Waals surface area (Å²) in [6.07, 6.45) is 8.44. The Morgan fingerprint density at radius 1 is 0.386 bits per heavy atom. The second kappa shape index (κ2) is 21.9. The van der Waals surface area contributed by atoms with Crippen LogP contribution in [0, 0.1) is 53.3 Å². The van der Waals surface area contributed by atoms with Gasteiger partial charge in [-0.25, -0.2) is 0 Å². The lowest BCUT2D eigenvalue weighted by Gasteiger charge is -2.44. The van der Waals surface area contributed by atoms with Crippen LogP contribution in [0.25, 0.3) is 0 Å². The zero-order valence-corrected chi connectivity index (χ0v) is 37.5. The van der Waals surface area contributed by atoms with Gasteiger partial charge >= 0.3 is 0 Å². The number of hydrogen-bond acceptors (Lipinski definition) is 0. The summed E-state index contributed by atoms with van der Waals surface area (Å²) in [7, 11) is 0. The summed E-state index contributed by atoms with van der Waals surface area (Å²) < 4.78 is 1.57. The molecule has 6 unspecified atom stereocenters. The monoisotopic (exact) mass is 649 g/mol. The van der Waals surface area contributed by atoms with Crippen molar-refractivity contribution in [2.45, 2.75) is 213 Å². The molecule has 6 atom stereocenters. The van der Waals surface area contributed by atoms with Crippen molar-refractivity contribution >= 4 is 28.3 Å². The van der Waals surface area contributed by atoms with Gasteiger partial charge in [-0.15, -0.1) is 0 Å². The molecule has 0 amide bonds. The fourth-order valence-electron chi connectivity index (χ4n) is 9.97. The van der Waals surface area contributed by atoms with E-state index in [1.165, 1.54) is 38.5 Å². The van der Waals surface area contributed by atoms with Crippen LogP contribution in [-0.2, 0) is 0 Å². The predicted octanol–water partition coefficient (Wildman–Crippen LogP) is 15.5. The van der Waals surface area contributed by atoms with Gasteiger partial charge in [-0.3, -0.25) is 0 Å². The van der Waals surface area contributed by atoms with Crippen LogP contribution >= 0.6 is 0 Å². The average molecular weight is 649 g/mol. The summed E-state index contributed by atoms with van der Waals surface area (Å²) in [5, 5.41) is 4.84. The highest BCUT2D eigenvalue weighted by atomic mass is 27.2. The van der Waals surface area contributed by atoms with Crippen molar-refractivity contribution in [2.24, 2.45) is 53.3 Å². The van der Waals surface area contributed by atoms with Crippen LogP contribution < -0.4 is 0 Å². The van der Waals surface area contributed by atoms with Crippen LogP contribution in [-0.4, -0.2) is 28.3 Å². The molecule has 0 aliphatic heterocycles. The van der Waals surface area contributed by atoms with Gasteiger partial charge in [-0.1, -0.05) is 211 Å².